The Balaban J connectivity index is 1.57. The van der Waals surface area contributed by atoms with Gasteiger partial charge in [-0.3, -0.25) is 0 Å². The minimum atomic E-state index is 0.848. The highest BCUT2D eigenvalue weighted by atomic mass is 15.1. The number of hydrogen-bond acceptors (Lipinski definition) is 2. The predicted octanol–water partition coefficient (Wildman–Crippen LogP) is 2.61. The zero-order valence-corrected chi connectivity index (χ0v) is 12.6. The maximum atomic E-state index is 3.66. The third-order valence-corrected chi connectivity index (χ3v) is 4.57. The Morgan fingerprint density at radius 3 is 2.70 bits per heavy atom. The SMILES string of the molecule is CN1CCC(CNCc2cn(C)c3ccccc23)CC1. The number of aromatic nitrogens is 1. The molecule has 0 unspecified atom stereocenters. The second-order valence-corrected chi connectivity index (χ2v) is 6.16. The van der Waals surface area contributed by atoms with Crippen molar-refractivity contribution in [2.75, 3.05) is 26.7 Å². The van der Waals surface area contributed by atoms with Crippen LogP contribution in [0.25, 0.3) is 10.9 Å². The van der Waals surface area contributed by atoms with Gasteiger partial charge in [0.2, 0.25) is 0 Å². The molecular weight excluding hydrogens is 246 g/mol. The van der Waals surface area contributed by atoms with Crippen LogP contribution in [-0.4, -0.2) is 36.1 Å². The van der Waals surface area contributed by atoms with Gasteiger partial charge in [0.15, 0.2) is 0 Å². The number of nitrogens with one attached hydrogen (secondary N) is 1. The number of para-hydroxylation sites is 1. The first-order valence-electron chi connectivity index (χ1n) is 7.66. The monoisotopic (exact) mass is 271 g/mol. The molecule has 1 aliphatic heterocycles. The molecule has 1 aromatic carbocycles. The number of fused-ring (bicyclic) bond motifs is 1. The molecule has 0 atom stereocenters. The Hall–Kier alpha value is -1.32. The standard InChI is InChI=1S/C17H25N3/c1-19-9-7-14(8-10-19)11-18-12-15-13-20(2)17-6-4-3-5-16(15)17/h3-6,13-14,18H,7-12H2,1-2H3. The first-order valence-corrected chi connectivity index (χ1v) is 7.66. The molecule has 1 aromatic heterocycles. The van der Waals surface area contributed by atoms with E-state index in [0.717, 1.165) is 19.0 Å². The normalized spacial score (nSPS) is 17.9. The quantitative estimate of drug-likeness (QED) is 0.922. The number of piperidine rings is 1. The predicted molar refractivity (Wildman–Crippen MR) is 84.8 cm³/mol. The fourth-order valence-corrected chi connectivity index (χ4v) is 3.24. The maximum absolute atomic E-state index is 3.66. The Kier molecular flexibility index (Phi) is 4.08. The van der Waals surface area contributed by atoms with Crippen molar-refractivity contribution in [2.24, 2.45) is 13.0 Å². The van der Waals surface area contributed by atoms with Crippen molar-refractivity contribution in [1.29, 1.82) is 0 Å². The topological polar surface area (TPSA) is 20.2 Å². The summed E-state index contributed by atoms with van der Waals surface area (Å²) in [5, 5.41) is 5.04. The molecule has 0 bridgehead atoms. The minimum Gasteiger partial charge on any atom is -0.350 e. The van der Waals surface area contributed by atoms with E-state index in [2.05, 4.69) is 59.3 Å². The fourth-order valence-electron chi connectivity index (χ4n) is 3.24. The zero-order valence-electron chi connectivity index (χ0n) is 12.6. The number of rotatable bonds is 4. The van der Waals surface area contributed by atoms with E-state index in [4.69, 9.17) is 0 Å². The lowest BCUT2D eigenvalue weighted by molar-refractivity contribution is 0.216. The van der Waals surface area contributed by atoms with Crippen molar-refractivity contribution in [3.05, 3.63) is 36.0 Å². The van der Waals surface area contributed by atoms with E-state index < -0.39 is 0 Å². The summed E-state index contributed by atoms with van der Waals surface area (Å²) in [7, 11) is 4.35. The highest BCUT2D eigenvalue weighted by Crippen LogP contribution is 2.20. The minimum absolute atomic E-state index is 0.848. The summed E-state index contributed by atoms with van der Waals surface area (Å²) < 4.78 is 2.22. The number of nitrogens with zero attached hydrogens (tertiary/aromatic N) is 2. The molecule has 20 heavy (non-hydrogen) atoms. The van der Waals surface area contributed by atoms with E-state index >= 15 is 0 Å². The fraction of sp³-hybridized carbons (Fsp3) is 0.529. The molecule has 1 N–H and O–H groups in total. The van der Waals surface area contributed by atoms with Gasteiger partial charge in [-0.2, -0.15) is 0 Å². The van der Waals surface area contributed by atoms with Gasteiger partial charge in [-0.1, -0.05) is 18.2 Å². The van der Waals surface area contributed by atoms with Crippen molar-refractivity contribution in [3.8, 4) is 0 Å². The molecule has 3 nitrogen and oxygen atoms in total. The van der Waals surface area contributed by atoms with E-state index in [1.54, 1.807) is 0 Å². The van der Waals surface area contributed by atoms with Crippen LogP contribution < -0.4 is 5.32 Å². The van der Waals surface area contributed by atoms with Crippen molar-refractivity contribution < 1.29 is 0 Å². The van der Waals surface area contributed by atoms with E-state index in [1.807, 2.05) is 0 Å². The highest BCUT2D eigenvalue weighted by molar-refractivity contribution is 5.83. The van der Waals surface area contributed by atoms with Crippen LogP contribution in [0.3, 0.4) is 0 Å². The Morgan fingerprint density at radius 2 is 1.90 bits per heavy atom. The lowest BCUT2D eigenvalue weighted by atomic mass is 9.97. The molecular formula is C17H25N3. The van der Waals surface area contributed by atoms with Crippen LogP contribution in [0.1, 0.15) is 18.4 Å². The van der Waals surface area contributed by atoms with Crippen LogP contribution >= 0.6 is 0 Å². The summed E-state index contributed by atoms with van der Waals surface area (Å²) in [6.45, 7) is 4.63. The number of likely N-dealkylation sites (tertiary alicyclic amines) is 1. The smallest absolute Gasteiger partial charge is 0.0481 e. The molecule has 0 saturated carbocycles. The third kappa shape index (κ3) is 2.89. The molecule has 1 aliphatic rings. The molecule has 3 heteroatoms. The first-order chi connectivity index (χ1) is 9.74. The number of benzene rings is 1. The Bertz CT molecular complexity index is 565. The second-order valence-electron chi connectivity index (χ2n) is 6.16. The van der Waals surface area contributed by atoms with Crippen LogP contribution in [0.15, 0.2) is 30.5 Å². The van der Waals surface area contributed by atoms with Crippen LogP contribution in [0, 0.1) is 5.92 Å². The van der Waals surface area contributed by atoms with Gasteiger partial charge in [0.05, 0.1) is 0 Å². The van der Waals surface area contributed by atoms with Gasteiger partial charge in [0.25, 0.3) is 0 Å². The van der Waals surface area contributed by atoms with Crippen LogP contribution in [0.5, 0.6) is 0 Å². The van der Waals surface area contributed by atoms with E-state index in [1.165, 1.54) is 42.4 Å². The van der Waals surface area contributed by atoms with Gasteiger partial charge in [0.1, 0.15) is 0 Å². The summed E-state index contributed by atoms with van der Waals surface area (Å²) in [6, 6.07) is 8.65. The molecule has 2 aromatic rings. The van der Waals surface area contributed by atoms with Gasteiger partial charge >= 0.3 is 0 Å². The average Bonchev–Trinajstić information content (AvgIpc) is 2.79. The van der Waals surface area contributed by atoms with Crippen molar-refractivity contribution in [2.45, 2.75) is 19.4 Å². The van der Waals surface area contributed by atoms with Crippen molar-refractivity contribution >= 4 is 10.9 Å². The molecule has 0 spiro atoms. The largest absolute Gasteiger partial charge is 0.350 e. The average molecular weight is 271 g/mol. The first kappa shape index (κ1) is 13.7. The van der Waals surface area contributed by atoms with E-state index in [9.17, 15) is 0 Å². The second kappa shape index (κ2) is 5.98. The van der Waals surface area contributed by atoms with Gasteiger partial charge < -0.3 is 14.8 Å². The van der Waals surface area contributed by atoms with Gasteiger partial charge in [-0.25, -0.2) is 0 Å². The van der Waals surface area contributed by atoms with Crippen LogP contribution in [-0.2, 0) is 13.6 Å². The number of aryl methyl sites for hydroxylation is 1. The lowest BCUT2D eigenvalue weighted by Crippen LogP contribution is -2.34. The van der Waals surface area contributed by atoms with Crippen molar-refractivity contribution in [1.82, 2.24) is 14.8 Å². The zero-order chi connectivity index (χ0) is 13.9. The summed E-state index contributed by atoms with van der Waals surface area (Å²) in [5.74, 6) is 0.848. The molecule has 0 radical (unpaired) electrons. The Morgan fingerprint density at radius 1 is 1.15 bits per heavy atom. The summed E-state index contributed by atoms with van der Waals surface area (Å²) >= 11 is 0. The Labute approximate surface area is 121 Å². The maximum Gasteiger partial charge on any atom is 0.0481 e. The number of hydrogen-bond donors (Lipinski definition) is 1. The summed E-state index contributed by atoms with van der Waals surface area (Å²) in [6.07, 6.45) is 4.92. The third-order valence-electron chi connectivity index (χ3n) is 4.57. The molecule has 0 amide bonds. The van der Waals surface area contributed by atoms with Gasteiger partial charge in [-0.15, -0.1) is 0 Å². The van der Waals surface area contributed by atoms with Gasteiger partial charge in [0, 0.05) is 30.7 Å². The molecule has 1 fully saturated rings. The van der Waals surface area contributed by atoms with Crippen LogP contribution in [0.2, 0.25) is 0 Å². The lowest BCUT2D eigenvalue weighted by Gasteiger charge is -2.29. The van der Waals surface area contributed by atoms with Crippen LogP contribution in [0.4, 0.5) is 0 Å². The molecule has 108 valence electrons. The molecule has 2 heterocycles. The van der Waals surface area contributed by atoms with Gasteiger partial charge in [-0.05, 0) is 57.1 Å². The summed E-state index contributed by atoms with van der Waals surface area (Å²) in [5.41, 5.74) is 2.74. The summed E-state index contributed by atoms with van der Waals surface area (Å²) in [4.78, 5) is 2.43. The highest BCUT2D eigenvalue weighted by Gasteiger charge is 2.16. The molecule has 0 aliphatic carbocycles. The van der Waals surface area contributed by atoms with E-state index in [-0.39, 0.29) is 0 Å². The molecule has 1 saturated heterocycles. The molecule has 3 rings (SSSR count). The van der Waals surface area contributed by atoms with E-state index in [0.29, 0.717) is 0 Å². The van der Waals surface area contributed by atoms with Crippen molar-refractivity contribution in [3.63, 3.8) is 0 Å².